The Kier molecular flexibility index (Phi) is 5.56. The minimum atomic E-state index is -3.79. The van der Waals surface area contributed by atoms with Crippen molar-refractivity contribution in [1.29, 1.82) is 5.26 Å². The molecule has 0 saturated heterocycles. The van der Waals surface area contributed by atoms with E-state index in [1.54, 1.807) is 31.2 Å². The number of rotatable bonds is 6. The van der Waals surface area contributed by atoms with E-state index in [4.69, 9.17) is 9.78 Å². The van der Waals surface area contributed by atoms with Gasteiger partial charge in [0, 0.05) is 25.7 Å². The predicted octanol–water partition coefficient (Wildman–Crippen LogP) is 1.49. The van der Waals surface area contributed by atoms with Crippen LogP contribution >= 0.6 is 0 Å². The van der Waals surface area contributed by atoms with E-state index in [0.29, 0.717) is 11.3 Å². The number of carbonyl (C=O) groups excluding carboxylic acids is 1. The monoisotopic (exact) mass is 362 g/mol. The van der Waals surface area contributed by atoms with Gasteiger partial charge in [0.05, 0.1) is 11.6 Å². The number of aromatic nitrogens is 1. The molecule has 2 rings (SSSR count). The highest BCUT2D eigenvalue weighted by atomic mass is 32.2. The van der Waals surface area contributed by atoms with E-state index in [1.165, 1.54) is 18.7 Å². The third-order valence-corrected chi connectivity index (χ3v) is 5.24. The van der Waals surface area contributed by atoms with Crippen molar-refractivity contribution in [2.75, 3.05) is 18.0 Å². The standard InChI is InChI=1S/C16H18N4O4S/c1-11-16(12(2)24-19-11)25(22,23)18-7-8-20(13(3)21)15-6-4-5-14(9-15)10-17/h4-6,9,18H,7-8H2,1-3H3. The lowest BCUT2D eigenvalue weighted by Gasteiger charge is -2.21. The zero-order valence-electron chi connectivity index (χ0n) is 14.1. The van der Waals surface area contributed by atoms with Gasteiger partial charge >= 0.3 is 0 Å². The first kappa shape index (κ1) is 18.6. The summed E-state index contributed by atoms with van der Waals surface area (Å²) in [4.78, 5) is 13.3. The molecule has 1 aromatic carbocycles. The molecule has 0 unspecified atom stereocenters. The Bertz CT molecular complexity index is 908. The lowest BCUT2D eigenvalue weighted by molar-refractivity contribution is -0.116. The van der Waals surface area contributed by atoms with E-state index in [-0.39, 0.29) is 35.3 Å². The SMILES string of the molecule is CC(=O)N(CCNS(=O)(=O)c1c(C)noc1C)c1cccc(C#N)c1. The molecule has 1 N–H and O–H groups in total. The van der Waals surface area contributed by atoms with E-state index < -0.39 is 10.0 Å². The van der Waals surface area contributed by atoms with E-state index in [9.17, 15) is 13.2 Å². The molecule has 2 aromatic rings. The van der Waals surface area contributed by atoms with Crippen LogP contribution in [0.4, 0.5) is 5.69 Å². The number of carbonyl (C=O) groups is 1. The van der Waals surface area contributed by atoms with Crippen molar-refractivity contribution < 1.29 is 17.7 Å². The van der Waals surface area contributed by atoms with Gasteiger partial charge in [-0.3, -0.25) is 4.79 Å². The first-order chi connectivity index (χ1) is 11.8. The molecule has 0 fully saturated rings. The lowest BCUT2D eigenvalue weighted by atomic mass is 10.2. The topological polar surface area (TPSA) is 116 Å². The van der Waals surface area contributed by atoms with Crippen LogP contribution in [0.25, 0.3) is 0 Å². The maximum absolute atomic E-state index is 12.4. The number of sulfonamides is 1. The van der Waals surface area contributed by atoms with Crippen molar-refractivity contribution in [1.82, 2.24) is 9.88 Å². The van der Waals surface area contributed by atoms with Gasteiger partial charge in [0.15, 0.2) is 5.76 Å². The summed E-state index contributed by atoms with van der Waals surface area (Å²) in [6.45, 7) is 4.56. The van der Waals surface area contributed by atoms with Gasteiger partial charge in [-0.1, -0.05) is 11.2 Å². The van der Waals surface area contributed by atoms with Crippen LogP contribution in [-0.2, 0) is 14.8 Å². The molecule has 25 heavy (non-hydrogen) atoms. The summed E-state index contributed by atoms with van der Waals surface area (Å²) in [6, 6.07) is 8.56. The Hall–Kier alpha value is -2.70. The summed E-state index contributed by atoms with van der Waals surface area (Å²) in [5.74, 6) is -0.0539. The number of nitrogens with zero attached hydrogens (tertiary/aromatic N) is 3. The highest BCUT2D eigenvalue weighted by Gasteiger charge is 2.24. The second kappa shape index (κ2) is 7.46. The van der Waals surface area contributed by atoms with Gasteiger partial charge in [0.25, 0.3) is 0 Å². The Balaban J connectivity index is 2.12. The molecule has 0 saturated carbocycles. The molecule has 9 heteroatoms. The average Bonchev–Trinajstić information content (AvgIpc) is 2.90. The molecule has 0 spiro atoms. The number of aryl methyl sites for hydroxylation is 2. The number of benzene rings is 1. The van der Waals surface area contributed by atoms with Gasteiger partial charge < -0.3 is 9.42 Å². The highest BCUT2D eigenvalue weighted by Crippen LogP contribution is 2.19. The van der Waals surface area contributed by atoms with E-state index in [2.05, 4.69) is 9.88 Å². The summed E-state index contributed by atoms with van der Waals surface area (Å²) in [5.41, 5.74) is 1.22. The zero-order valence-corrected chi connectivity index (χ0v) is 14.9. The van der Waals surface area contributed by atoms with Gasteiger partial charge in [-0.05, 0) is 32.0 Å². The smallest absolute Gasteiger partial charge is 0.246 e. The van der Waals surface area contributed by atoms with E-state index >= 15 is 0 Å². The molecule has 0 bridgehead atoms. The number of amides is 1. The van der Waals surface area contributed by atoms with Gasteiger partial charge in [0.1, 0.15) is 10.6 Å². The normalized spacial score (nSPS) is 11.1. The Morgan fingerprint density at radius 2 is 2.12 bits per heavy atom. The number of nitriles is 1. The van der Waals surface area contributed by atoms with Gasteiger partial charge in [0.2, 0.25) is 15.9 Å². The number of hydrogen-bond acceptors (Lipinski definition) is 6. The maximum Gasteiger partial charge on any atom is 0.246 e. The molecular weight excluding hydrogens is 344 g/mol. The molecule has 132 valence electrons. The summed E-state index contributed by atoms with van der Waals surface area (Å²) in [7, 11) is -3.79. The summed E-state index contributed by atoms with van der Waals surface area (Å²) in [5, 5.41) is 12.6. The van der Waals surface area contributed by atoms with Crippen molar-refractivity contribution in [3.05, 3.63) is 41.3 Å². The van der Waals surface area contributed by atoms with Gasteiger partial charge in [-0.15, -0.1) is 0 Å². The van der Waals surface area contributed by atoms with Crippen molar-refractivity contribution in [2.24, 2.45) is 0 Å². The van der Waals surface area contributed by atoms with Crippen molar-refractivity contribution in [3.8, 4) is 6.07 Å². The average molecular weight is 362 g/mol. The number of hydrogen-bond donors (Lipinski definition) is 1. The van der Waals surface area contributed by atoms with Gasteiger partial charge in [-0.25, -0.2) is 13.1 Å². The largest absolute Gasteiger partial charge is 0.360 e. The molecule has 0 aliphatic heterocycles. The molecule has 8 nitrogen and oxygen atoms in total. The molecule has 0 aliphatic carbocycles. The number of anilines is 1. The zero-order chi connectivity index (χ0) is 18.6. The van der Waals surface area contributed by atoms with Gasteiger partial charge in [-0.2, -0.15) is 5.26 Å². The second-order valence-electron chi connectivity index (χ2n) is 5.38. The first-order valence-electron chi connectivity index (χ1n) is 7.47. The van der Waals surface area contributed by atoms with Crippen LogP contribution in [0, 0.1) is 25.2 Å². The Morgan fingerprint density at radius 3 is 2.68 bits per heavy atom. The minimum absolute atomic E-state index is 0.00273. The minimum Gasteiger partial charge on any atom is -0.360 e. The fraction of sp³-hybridized carbons (Fsp3) is 0.312. The van der Waals surface area contributed by atoms with E-state index in [0.717, 1.165) is 0 Å². The van der Waals surface area contributed by atoms with Crippen LogP contribution in [0.1, 0.15) is 23.9 Å². The Morgan fingerprint density at radius 1 is 1.40 bits per heavy atom. The van der Waals surface area contributed by atoms with E-state index in [1.807, 2.05) is 6.07 Å². The first-order valence-corrected chi connectivity index (χ1v) is 8.95. The highest BCUT2D eigenvalue weighted by molar-refractivity contribution is 7.89. The van der Waals surface area contributed by atoms with Crippen molar-refractivity contribution >= 4 is 21.6 Å². The summed E-state index contributed by atoms with van der Waals surface area (Å²) >= 11 is 0. The van der Waals surface area contributed by atoms with Crippen LogP contribution in [0.2, 0.25) is 0 Å². The molecule has 1 heterocycles. The summed E-state index contributed by atoms with van der Waals surface area (Å²) in [6.07, 6.45) is 0. The summed E-state index contributed by atoms with van der Waals surface area (Å²) < 4.78 is 32.0. The van der Waals surface area contributed by atoms with Crippen LogP contribution in [0.5, 0.6) is 0 Å². The maximum atomic E-state index is 12.4. The third kappa shape index (κ3) is 4.23. The van der Waals surface area contributed by atoms with Crippen LogP contribution in [-0.4, -0.2) is 32.6 Å². The fourth-order valence-electron chi connectivity index (χ4n) is 2.43. The molecular formula is C16H18N4O4S. The van der Waals surface area contributed by atoms with Crippen LogP contribution in [0.3, 0.4) is 0 Å². The number of nitrogens with one attached hydrogen (secondary N) is 1. The molecule has 0 atom stereocenters. The molecule has 0 radical (unpaired) electrons. The Labute approximate surface area is 146 Å². The van der Waals surface area contributed by atoms with Crippen molar-refractivity contribution in [3.63, 3.8) is 0 Å². The fourth-order valence-corrected chi connectivity index (χ4v) is 3.78. The van der Waals surface area contributed by atoms with Crippen molar-refractivity contribution in [2.45, 2.75) is 25.7 Å². The third-order valence-electron chi connectivity index (χ3n) is 3.53. The molecule has 1 aromatic heterocycles. The molecule has 1 amide bonds. The van der Waals surface area contributed by atoms with Crippen LogP contribution < -0.4 is 9.62 Å². The quantitative estimate of drug-likeness (QED) is 0.832. The predicted molar refractivity (Wildman–Crippen MR) is 90.3 cm³/mol. The second-order valence-corrected chi connectivity index (χ2v) is 7.09. The van der Waals surface area contributed by atoms with Crippen LogP contribution in [0.15, 0.2) is 33.7 Å². The lowest BCUT2D eigenvalue weighted by Crippen LogP contribution is -2.37. The molecule has 0 aliphatic rings.